The van der Waals surface area contributed by atoms with E-state index >= 15 is 0 Å². The molecule has 0 rings (SSSR count). The van der Waals surface area contributed by atoms with Gasteiger partial charge >= 0.3 is 0 Å². The molecule has 1 unspecified atom stereocenters. The summed E-state index contributed by atoms with van der Waals surface area (Å²) < 4.78 is 0. The van der Waals surface area contributed by atoms with Gasteiger partial charge in [-0.1, -0.05) is 20.8 Å². The minimum atomic E-state index is -0.103. The molecular weight excluding hydrogens is 162 g/mol. The van der Waals surface area contributed by atoms with Gasteiger partial charge in [-0.15, -0.1) is 11.6 Å². The molecule has 0 spiro atoms. The SMILES string of the molecule is CC(NC(=O)CCl)C(C)(C)C. The maximum atomic E-state index is 10.8. The number of hydrogen-bond donors (Lipinski definition) is 1. The lowest BCUT2D eigenvalue weighted by atomic mass is 9.88. The van der Waals surface area contributed by atoms with Crippen LogP contribution < -0.4 is 5.32 Å². The number of halogens is 1. The quantitative estimate of drug-likeness (QED) is 0.641. The highest BCUT2D eigenvalue weighted by Crippen LogP contribution is 2.18. The zero-order chi connectivity index (χ0) is 9.07. The molecular formula is C8H16ClNO. The Morgan fingerprint density at radius 3 is 2.27 bits per heavy atom. The average Bonchev–Trinajstić information content (AvgIpc) is 1.85. The Bertz CT molecular complexity index is 140. The summed E-state index contributed by atoms with van der Waals surface area (Å²) >= 11 is 5.33. The third-order valence-corrected chi connectivity index (χ3v) is 2.04. The molecule has 0 radical (unpaired) electrons. The van der Waals surface area contributed by atoms with Gasteiger partial charge in [-0.05, 0) is 12.3 Å². The summed E-state index contributed by atoms with van der Waals surface area (Å²) in [6.45, 7) is 8.20. The lowest BCUT2D eigenvalue weighted by Gasteiger charge is -2.27. The number of rotatable bonds is 2. The standard InChI is InChI=1S/C8H16ClNO/c1-6(8(2,3)4)10-7(11)5-9/h6H,5H2,1-4H3,(H,10,11). The zero-order valence-electron chi connectivity index (χ0n) is 7.57. The van der Waals surface area contributed by atoms with Crippen LogP contribution in [-0.4, -0.2) is 17.8 Å². The Kier molecular flexibility index (Phi) is 3.87. The van der Waals surface area contributed by atoms with Crippen LogP contribution in [0.1, 0.15) is 27.7 Å². The summed E-state index contributed by atoms with van der Waals surface area (Å²) in [5.41, 5.74) is 0.0989. The van der Waals surface area contributed by atoms with E-state index in [1.807, 2.05) is 6.92 Å². The van der Waals surface area contributed by atoms with Crippen molar-refractivity contribution in [3.8, 4) is 0 Å². The third-order valence-electron chi connectivity index (χ3n) is 1.80. The summed E-state index contributed by atoms with van der Waals surface area (Å²) in [7, 11) is 0. The van der Waals surface area contributed by atoms with Gasteiger partial charge in [-0.2, -0.15) is 0 Å². The van der Waals surface area contributed by atoms with Gasteiger partial charge in [0.25, 0.3) is 0 Å². The van der Waals surface area contributed by atoms with Gasteiger partial charge in [-0.3, -0.25) is 4.79 Å². The Hall–Kier alpha value is -0.240. The van der Waals surface area contributed by atoms with Gasteiger partial charge in [0.15, 0.2) is 0 Å². The van der Waals surface area contributed by atoms with Gasteiger partial charge in [0.2, 0.25) is 5.91 Å². The molecule has 0 saturated carbocycles. The van der Waals surface area contributed by atoms with Crippen LogP contribution in [0.5, 0.6) is 0 Å². The van der Waals surface area contributed by atoms with Crippen LogP contribution >= 0.6 is 11.6 Å². The smallest absolute Gasteiger partial charge is 0.235 e. The minimum absolute atomic E-state index is 0.0421. The van der Waals surface area contributed by atoms with Crippen molar-refractivity contribution in [1.29, 1.82) is 0 Å². The molecule has 0 aliphatic rings. The molecule has 0 aliphatic carbocycles. The van der Waals surface area contributed by atoms with E-state index in [1.165, 1.54) is 0 Å². The van der Waals surface area contributed by atoms with Crippen molar-refractivity contribution < 1.29 is 4.79 Å². The maximum absolute atomic E-state index is 10.8. The molecule has 0 bridgehead atoms. The molecule has 11 heavy (non-hydrogen) atoms. The van der Waals surface area contributed by atoms with Gasteiger partial charge in [0.1, 0.15) is 5.88 Å². The summed E-state index contributed by atoms with van der Waals surface area (Å²) in [6.07, 6.45) is 0. The van der Waals surface area contributed by atoms with E-state index in [1.54, 1.807) is 0 Å². The summed E-state index contributed by atoms with van der Waals surface area (Å²) in [6, 6.07) is 0.161. The summed E-state index contributed by atoms with van der Waals surface area (Å²) in [5.74, 6) is -0.0606. The predicted molar refractivity (Wildman–Crippen MR) is 47.8 cm³/mol. The van der Waals surface area contributed by atoms with Crippen LogP contribution in [0.15, 0.2) is 0 Å². The number of carbonyl (C=O) groups is 1. The van der Waals surface area contributed by atoms with E-state index in [0.717, 1.165) is 0 Å². The molecule has 1 amide bonds. The predicted octanol–water partition coefficient (Wildman–Crippen LogP) is 1.78. The molecule has 0 aromatic carbocycles. The Morgan fingerprint density at radius 2 is 2.00 bits per heavy atom. The van der Waals surface area contributed by atoms with Gasteiger partial charge in [-0.25, -0.2) is 0 Å². The van der Waals surface area contributed by atoms with E-state index in [9.17, 15) is 4.79 Å². The fourth-order valence-corrected chi connectivity index (χ4v) is 0.574. The van der Waals surface area contributed by atoms with E-state index in [-0.39, 0.29) is 23.2 Å². The second kappa shape index (κ2) is 3.96. The highest BCUT2D eigenvalue weighted by atomic mass is 35.5. The van der Waals surface area contributed by atoms with Crippen LogP contribution in [-0.2, 0) is 4.79 Å². The normalized spacial score (nSPS) is 14.3. The molecule has 2 nitrogen and oxygen atoms in total. The Labute approximate surface area is 73.3 Å². The van der Waals surface area contributed by atoms with Crippen molar-refractivity contribution in [2.24, 2.45) is 5.41 Å². The monoisotopic (exact) mass is 177 g/mol. The van der Waals surface area contributed by atoms with Gasteiger partial charge < -0.3 is 5.32 Å². The van der Waals surface area contributed by atoms with Crippen molar-refractivity contribution in [2.75, 3.05) is 5.88 Å². The molecule has 0 heterocycles. The molecule has 66 valence electrons. The fourth-order valence-electron chi connectivity index (χ4n) is 0.497. The van der Waals surface area contributed by atoms with Crippen LogP contribution in [0.4, 0.5) is 0 Å². The number of alkyl halides is 1. The van der Waals surface area contributed by atoms with E-state index in [0.29, 0.717) is 0 Å². The Balaban J connectivity index is 3.87. The molecule has 3 heteroatoms. The topological polar surface area (TPSA) is 29.1 Å². The minimum Gasteiger partial charge on any atom is -0.352 e. The van der Waals surface area contributed by atoms with Crippen molar-refractivity contribution in [3.05, 3.63) is 0 Å². The molecule has 0 fully saturated rings. The van der Waals surface area contributed by atoms with Crippen LogP contribution in [0.25, 0.3) is 0 Å². The van der Waals surface area contributed by atoms with E-state index in [2.05, 4.69) is 26.1 Å². The lowest BCUT2D eigenvalue weighted by molar-refractivity contribution is -0.119. The first kappa shape index (κ1) is 10.8. The second-order valence-electron chi connectivity index (χ2n) is 3.79. The summed E-state index contributed by atoms with van der Waals surface area (Å²) in [4.78, 5) is 10.8. The molecule has 0 aromatic heterocycles. The number of carbonyl (C=O) groups excluding carboxylic acids is 1. The van der Waals surface area contributed by atoms with Crippen molar-refractivity contribution >= 4 is 17.5 Å². The Morgan fingerprint density at radius 1 is 1.55 bits per heavy atom. The van der Waals surface area contributed by atoms with Crippen molar-refractivity contribution in [2.45, 2.75) is 33.7 Å². The number of hydrogen-bond acceptors (Lipinski definition) is 1. The molecule has 0 saturated heterocycles. The average molecular weight is 178 g/mol. The van der Waals surface area contributed by atoms with E-state index < -0.39 is 0 Å². The molecule has 0 aromatic rings. The van der Waals surface area contributed by atoms with Gasteiger partial charge in [0, 0.05) is 6.04 Å². The highest BCUT2D eigenvalue weighted by molar-refractivity contribution is 6.27. The number of nitrogens with one attached hydrogen (secondary N) is 1. The van der Waals surface area contributed by atoms with Gasteiger partial charge in [0.05, 0.1) is 0 Å². The second-order valence-corrected chi connectivity index (χ2v) is 4.06. The maximum Gasteiger partial charge on any atom is 0.235 e. The first-order valence-corrected chi connectivity index (χ1v) is 4.26. The first-order valence-electron chi connectivity index (χ1n) is 3.73. The highest BCUT2D eigenvalue weighted by Gasteiger charge is 2.20. The first-order chi connectivity index (χ1) is 4.88. The zero-order valence-corrected chi connectivity index (χ0v) is 8.33. The molecule has 1 N–H and O–H groups in total. The van der Waals surface area contributed by atoms with Crippen molar-refractivity contribution in [1.82, 2.24) is 5.32 Å². The fraction of sp³-hybridized carbons (Fsp3) is 0.875. The molecule has 0 aliphatic heterocycles. The van der Waals surface area contributed by atoms with Crippen LogP contribution in [0.2, 0.25) is 0 Å². The lowest BCUT2D eigenvalue weighted by Crippen LogP contribution is -2.41. The summed E-state index contributed by atoms with van der Waals surface area (Å²) in [5, 5.41) is 2.80. The van der Waals surface area contributed by atoms with E-state index in [4.69, 9.17) is 11.6 Å². The molecule has 1 atom stereocenters. The van der Waals surface area contributed by atoms with Crippen LogP contribution in [0.3, 0.4) is 0 Å². The third kappa shape index (κ3) is 4.25. The largest absolute Gasteiger partial charge is 0.352 e. The van der Waals surface area contributed by atoms with Crippen molar-refractivity contribution in [3.63, 3.8) is 0 Å². The van der Waals surface area contributed by atoms with Crippen LogP contribution in [0, 0.1) is 5.41 Å². The number of amides is 1.